The molecule has 0 radical (unpaired) electrons. The Morgan fingerprint density at radius 3 is 2.80 bits per heavy atom. The number of rotatable bonds is 3. The zero-order chi connectivity index (χ0) is 17.4. The SMILES string of the molecule is Cc1c(Nc2ccc3[nH]ccc3c2-c2ccccn2)cnn(C)c1=O. The van der Waals surface area contributed by atoms with Gasteiger partial charge in [-0.2, -0.15) is 5.10 Å². The van der Waals surface area contributed by atoms with Crippen molar-refractivity contribution in [2.75, 3.05) is 5.32 Å². The molecule has 3 aromatic heterocycles. The second kappa shape index (κ2) is 5.90. The normalized spacial score (nSPS) is 11.0. The Morgan fingerprint density at radius 1 is 1.12 bits per heavy atom. The van der Waals surface area contributed by atoms with E-state index >= 15 is 0 Å². The molecule has 0 bridgehead atoms. The van der Waals surface area contributed by atoms with Crippen molar-refractivity contribution < 1.29 is 0 Å². The number of pyridine rings is 1. The number of nitrogens with zero attached hydrogens (tertiary/aromatic N) is 3. The second-order valence-electron chi connectivity index (χ2n) is 5.88. The minimum Gasteiger partial charge on any atom is -0.361 e. The minimum atomic E-state index is -0.118. The highest BCUT2D eigenvalue weighted by atomic mass is 16.1. The number of anilines is 2. The first-order chi connectivity index (χ1) is 12.1. The molecule has 0 saturated carbocycles. The molecule has 0 spiro atoms. The molecule has 0 aliphatic carbocycles. The molecule has 2 N–H and O–H groups in total. The number of aromatic nitrogens is 4. The van der Waals surface area contributed by atoms with Crippen molar-refractivity contribution in [3.8, 4) is 11.3 Å². The van der Waals surface area contributed by atoms with E-state index in [-0.39, 0.29) is 5.56 Å². The average Bonchev–Trinajstić information content (AvgIpc) is 3.11. The van der Waals surface area contributed by atoms with Crippen LogP contribution in [0.3, 0.4) is 0 Å². The lowest BCUT2D eigenvalue weighted by Gasteiger charge is -2.14. The van der Waals surface area contributed by atoms with Gasteiger partial charge in [0, 0.05) is 47.2 Å². The lowest BCUT2D eigenvalue weighted by atomic mass is 10.0. The van der Waals surface area contributed by atoms with Crippen molar-refractivity contribution in [2.45, 2.75) is 6.92 Å². The molecule has 6 nitrogen and oxygen atoms in total. The fraction of sp³-hybridized carbons (Fsp3) is 0.105. The molecule has 4 rings (SSSR count). The van der Waals surface area contributed by atoms with Gasteiger partial charge in [-0.1, -0.05) is 6.07 Å². The van der Waals surface area contributed by atoms with E-state index in [4.69, 9.17) is 0 Å². The Kier molecular flexibility index (Phi) is 3.57. The van der Waals surface area contributed by atoms with E-state index in [0.717, 1.165) is 27.8 Å². The number of aryl methyl sites for hydroxylation is 1. The van der Waals surface area contributed by atoms with Crippen molar-refractivity contribution in [3.05, 3.63) is 70.9 Å². The monoisotopic (exact) mass is 331 g/mol. The molecule has 3 heterocycles. The maximum Gasteiger partial charge on any atom is 0.271 e. The van der Waals surface area contributed by atoms with Crippen LogP contribution in [0.4, 0.5) is 11.4 Å². The van der Waals surface area contributed by atoms with Gasteiger partial charge in [-0.3, -0.25) is 9.78 Å². The summed E-state index contributed by atoms with van der Waals surface area (Å²) in [5.74, 6) is 0. The molecule has 0 aliphatic heterocycles. The number of nitrogens with one attached hydrogen (secondary N) is 2. The number of hydrogen-bond donors (Lipinski definition) is 2. The molecule has 0 amide bonds. The second-order valence-corrected chi connectivity index (χ2v) is 5.88. The molecule has 0 saturated heterocycles. The van der Waals surface area contributed by atoms with Gasteiger partial charge < -0.3 is 10.3 Å². The molecular weight excluding hydrogens is 314 g/mol. The van der Waals surface area contributed by atoms with Crippen LogP contribution in [0.5, 0.6) is 0 Å². The Labute approximate surface area is 144 Å². The Bertz CT molecular complexity index is 1110. The summed E-state index contributed by atoms with van der Waals surface area (Å²) in [6, 6.07) is 11.8. The number of aromatic amines is 1. The summed E-state index contributed by atoms with van der Waals surface area (Å²) in [4.78, 5) is 19.9. The van der Waals surface area contributed by atoms with Gasteiger partial charge in [-0.15, -0.1) is 0 Å². The van der Waals surface area contributed by atoms with E-state index in [1.807, 2.05) is 42.6 Å². The van der Waals surface area contributed by atoms with Crippen LogP contribution >= 0.6 is 0 Å². The first-order valence-corrected chi connectivity index (χ1v) is 7.96. The molecule has 0 atom stereocenters. The van der Waals surface area contributed by atoms with Crippen LogP contribution in [0.25, 0.3) is 22.2 Å². The first-order valence-electron chi connectivity index (χ1n) is 7.96. The third-order valence-corrected chi connectivity index (χ3v) is 4.30. The summed E-state index contributed by atoms with van der Waals surface area (Å²) in [6.45, 7) is 1.79. The van der Waals surface area contributed by atoms with Crippen LogP contribution in [0, 0.1) is 6.92 Å². The maximum atomic E-state index is 12.1. The van der Waals surface area contributed by atoms with Crippen LogP contribution in [0.2, 0.25) is 0 Å². The lowest BCUT2D eigenvalue weighted by Crippen LogP contribution is -2.22. The van der Waals surface area contributed by atoms with Crippen LogP contribution in [-0.2, 0) is 7.05 Å². The van der Waals surface area contributed by atoms with Gasteiger partial charge in [-0.25, -0.2) is 4.68 Å². The summed E-state index contributed by atoms with van der Waals surface area (Å²) >= 11 is 0. The van der Waals surface area contributed by atoms with E-state index in [9.17, 15) is 4.79 Å². The van der Waals surface area contributed by atoms with Crippen molar-refractivity contribution in [1.29, 1.82) is 0 Å². The van der Waals surface area contributed by atoms with Gasteiger partial charge in [0.25, 0.3) is 5.56 Å². The predicted octanol–water partition coefficient (Wildman–Crippen LogP) is 3.38. The molecule has 1 aromatic carbocycles. The third kappa shape index (κ3) is 2.57. The topological polar surface area (TPSA) is 75.6 Å². The van der Waals surface area contributed by atoms with Gasteiger partial charge in [0.2, 0.25) is 0 Å². The quantitative estimate of drug-likeness (QED) is 0.603. The van der Waals surface area contributed by atoms with Crippen molar-refractivity contribution >= 4 is 22.3 Å². The fourth-order valence-corrected chi connectivity index (χ4v) is 2.95. The van der Waals surface area contributed by atoms with Gasteiger partial charge in [0.1, 0.15) is 0 Å². The standard InChI is InChI=1S/C19H17N5O/c1-12-17(11-22-24(2)19(12)25)23-16-7-6-14-13(8-10-21-14)18(16)15-5-3-4-9-20-15/h3-11,21,23H,1-2H3. The van der Waals surface area contributed by atoms with E-state index in [1.165, 1.54) is 4.68 Å². The summed E-state index contributed by atoms with van der Waals surface area (Å²) in [6.07, 6.45) is 5.35. The Balaban J connectivity index is 1.91. The zero-order valence-electron chi connectivity index (χ0n) is 13.9. The molecule has 0 aliphatic rings. The van der Waals surface area contributed by atoms with Crippen LogP contribution in [-0.4, -0.2) is 19.7 Å². The molecule has 4 aromatic rings. The maximum absolute atomic E-state index is 12.1. The Morgan fingerprint density at radius 2 is 2.00 bits per heavy atom. The Hall–Kier alpha value is -3.41. The van der Waals surface area contributed by atoms with Gasteiger partial charge in [-0.05, 0) is 37.3 Å². The van der Waals surface area contributed by atoms with Crippen molar-refractivity contribution in [3.63, 3.8) is 0 Å². The molecule has 124 valence electrons. The molecule has 6 heteroatoms. The summed E-state index contributed by atoms with van der Waals surface area (Å²) in [5.41, 5.74) is 4.96. The van der Waals surface area contributed by atoms with Crippen molar-refractivity contribution in [2.24, 2.45) is 7.05 Å². The van der Waals surface area contributed by atoms with Crippen molar-refractivity contribution in [1.82, 2.24) is 19.7 Å². The van der Waals surface area contributed by atoms with Crippen LogP contribution in [0.15, 0.2) is 59.8 Å². The number of hydrogen-bond acceptors (Lipinski definition) is 4. The van der Waals surface area contributed by atoms with Crippen LogP contribution in [0.1, 0.15) is 5.56 Å². The zero-order valence-corrected chi connectivity index (χ0v) is 13.9. The van der Waals surface area contributed by atoms with E-state index in [1.54, 1.807) is 26.4 Å². The molecule has 0 fully saturated rings. The highest BCUT2D eigenvalue weighted by molar-refractivity contribution is 6.01. The predicted molar refractivity (Wildman–Crippen MR) is 99.0 cm³/mol. The first kappa shape index (κ1) is 15.1. The van der Waals surface area contributed by atoms with Crippen LogP contribution < -0.4 is 10.9 Å². The number of fused-ring (bicyclic) bond motifs is 1. The minimum absolute atomic E-state index is 0.118. The molecule has 25 heavy (non-hydrogen) atoms. The highest BCUT2D eigenvalue weighted by Gasteiger charge is 2.14. The molecule has 0 unspecified atom stereocenters. The third-order valence-electron chi connectivity index (χ3n) is 4.30. The molecular formula is C19H17N5O. The lowest BCUT2D eigenvalue weighted by molar-refractivity contribution is 0.702. The van der Waals surface area contributed by atoms with E-state index in [0.29, 0.717) is 11.3 Å². The summed E-state index contributed by atoms with van der Waals surface area (Å²) in [5, 5.41) is 8.54. The summed E-state index contributed by atoms with van der Waals surface area (Å²) < 4.78 is 1.33. The summed E-state index contributed by atoms with van der Waals surface area (Å²) in [7, 11) is 1.64. The number of benzene rings is 1. The largest absolute Gasteiger partial charge is 0.361 e. The smallest absolute Gasteiger partial charge is 0.271 e. The fourth-order valence-electron chi connectivity index (χ4n) is 2.95. The average molecular weight is 331 g/mol. The van der Waals surface area contributed by atoms with Gasteiger partial charge in [0.05, 0.1) is 17.6 Å². The van der Waals surface area contributed by atoms with E-state index < -0.39 is 0 Å². The van der Waals surface area contributed by atoms with Gasteiger partial charge in [0.15, 0.2) is 0 Å². The van der Waals surface area contributed by atoms with E-state index in [2.05, 4.69) is 20.4 Å². The number of H-pyrrole nitrogens is 1. The highest BCUT2D eigenvalue weighted by Crippen LogP contribution is 2.35. The van der Waals surface area contributed by atoms with Gasteiger partial charge >= 0.3 is 0 Å².